The number of piperidine rings is 1. The second-order valence-electron chi connectivity index (χ2n) is 3.50. The van der Waals surface area contributed by atoms with Crippen LogP contribution in [0.4, 0.5) is 0 Å². The van der Waals surface area contributed by atoms with Crippen molar-refractivity contribution in [3.63, 3.8) is 0 Å². The first-order valence-corrected chi connectivity index (χ1v) is 4.99. The van der Waals surface area contributed by atoms with Gasteiger partial charge in [-0.25, -0.2) is 4.99 Å². The molecule has 1 rings (SSSR count). The summed E-state index contributed by atoms with van der Waals surface area (Å²) in [6.45, 7) is 6.66. The molecule has 3 heteroatoms. The first-order valence-electron chi connectivity index (χ1n) is 4.59. The average molecular weight is 184 g/mol. The van der Waals surface area contributed by atoms with Crippen molar-refractivity contribution in [1.29, 1.82) is 0 Å². The molecule has 1 aliphatic heterocycles. The van der Waals surface area contributed by atoms with E-state index in [-0.39, 0.29) is 0 Å². The monoisotopic (exact) mass is 184 g/mol. The molecule has 0 spiro atoms. The van der Waals surface area contributed by atoms with E-state index in [2.05, 4.69) is 34.2 Å². The van der Waals surface area contributed by atoms with Gasteiger partial charge in [0.1, 0.15) is 0 Å². The molecule has 0 aromatic carbocycles. The first-order chi connectivity index (χ1) is 5.83. The van der Waals surface area contributed by atoms with Crippen LogP contribution in [0.25, 0.3) is 0 Å². The molecule has 0 bridgehead atoms. The molecule has 0 aromatic heterocycles. The average Bonchev–Trinajstić information content (AvgIpc) is 2.09. The van der Waals surface area contributed by atoms with Crippen LogP contribution in [0.3, 0.4) is 0 Å². The Hall–Kier alpha value is -0.240. The Bertz CT molecular complexity index is 167. The molecule has 0 N–H and O–H groups in total. The van der Waals surface area contributed by atoms with Crippen LogP contribution in [0.2, 0.25) is 0 Å². The summed E-state index contributed by atoms with van der Waals surface area (Å²) in [6, 6.07) is 0. The number of hydrogen-bond donors (Lipinski definition) is 0. The van der Waals surface area contributed by atoms with Gasteiger partial charge in [-0.2, -0.15) is 0 Å². The zero-order valence-corrected chi connectivity index (χ0v) is 8.44. The number of nitrogens with zero attached hydrogens (tertiary/aromatic N) is 2. The van der Waals surface area contributed by atoms with Gasteiger partial charge in [0, 0.05) is 6.54 Å². The Kier molecular flexibility index (Phi) is 4.44. The number of hydrogen-bond acceptors (Lipinski definition) is 3. The summed E-state index contributed by atoms with van der Waals surface area (Å²) in [6.07, 6.45) is 2.67. The maximum absolute atomic E-state index is 4.50. The van der Waals surface area contributed by atoms with Crippen molar-refractivity contribution in [2.75, 3.05) is 26.2 Å². The van der Waals surface area contributed by atoms with E-state index in [0.717, 1.165) is 19.0 Å². The van der Waals surface area contributed by atoms with Gasteiger partial charge >= 0.3 is 0 Å². The van der Waals surface area contributed by atoms with E-state index in [1.54, 1.807) is 0 Å². The molecular weight excluding hydrogens is 168 g/mol. The number of isothiocyanates is 1. The Morgan fingerprint density at radius 3 is 2.75 bits per heavy atom. The van der Waals surface area contributed by atoms with Crippen LogP contribution in [0.15, 0.2) is 4.99 Å². The summed E-state index contributed by atoms with van der Waals surface area (Å²) in [5, 5.41) is 2.40. The maximum atomic E-state index is 4.50. The molecule has 1 aliphatic rings. The third kappa shape index (κ3) is 3.44. The SMILES string of the molecule is CC1CCN(CCN=C=S)CC1. The lowest BCUT2D eigenvalue weighted by molar-refractivity contribution is 0.197. The lowest BCUT2D eigenvalue weighted by atomic mass is 9.99. The lowest BCUT2D eigenvalue weighted by Gasteiger charge is -2.29. The number of thiocarbonyl (C=S) groups is 1. The lowest BCUT2D eigenvalue weighted by Crippen LogP contribution is -2.34. The number of likely N-dealkylation sites (tertiary alicyclic amines) is 1. The Morgan fingerprint density at radius 1 is 1.50 bits per heavy atom. The normalized spacial score (nSPS) is 20.4. The quantitative estimate of drug-likeness (QED) is 0.491. The second-order valence-corrected chi connectivity index (χ2v) is 3.68. The molecule has 0 unspecified atom stereocenters. The predicted molar refractivity (Wildman–Crippen MR) is 54.7 cm³/mol. The third-order valence-corrected chi connectivity index (χ3v) is 2.60. The predicted octanol–water partition coefficient (Wildman–Crippen LogP) is 1.82. The van der Waals surface area contributed by atoms with E-state index in [0.29, 0.717) is 0 Å². The van der Waals surface area contributed by atoms with Crippen LogP contribution in [0.5, 0.6) is 0 Å². The van der Waals surface area contributed by atoms with E-state index in [1.165, 1.54) is 25.9 Å². The Labute approximate surface area is 79.7 Å². The molecule has 0 amide bonds. The highest BCUT2D eigenvalue weighted by Gasteiger charge is 2.14. The standard InChI is InChI=1S/C9H16N2S/c1-9-2-5-11(6-3-9)7-4-10-8-12/h9H,2-7H2,1H3. The largest absolute Gasteiger partial charge is 0.301 e. The van der Waals surface area contributed by atoms with Gasteiger partial charge in [-0.15, -0.1) is 0 Å². The minimum Gasteiger partial charge on any atom is -0.301 e. The fourth-order valence-corrected chi connectivity index (χ4v) is 1.61. The molecule has 2 nitrogen and oxygen atoms in total. The molecule has 1 saturated heterocycles. The summed E-state index contributed by atoms with van der Waals surface area (Å²) in [5.41, 5.74) is 0. The Balaban J connectivity index is 2.13. The van der Waals surface area contributed by atoms with Crippen LogP contribution in [-0.4, -0.2) is 36.2 Å². The van der Waals surface area contributed by atoms with E-state index in [1.807, 2.05) is 0 Å². The fourth-order valence-electron chi connectivity index (χ4n) is 1.52. The molecule has 68 valence electrons. The summed E-state index contributed by atoms with van der Waals surface area (Å²) < 4.78 is 0. The van der Waals surface area contributed by atoms with Crippen LogP contribution < -0.4 is 0 Å². The molecule has 1 heterocycles. The highest BCUT2D eigenvalue weighted by atomic mass is 32.1. The molecule has 12 heavy (non-hydrogen) atoms. The van der Waals surface area contributed by atoms with E-state index in [4.69, 9.17) is 0 Å². The topological polar surface area (TPSA) is 15.6 Å². The van der Waals surface area contributed by atoms with Gasteiger partial charge in [0.15, 0.2) is 0 Å². The summed E-state index contributed by atoms with van der Waals surface area (Å²) in [5.74, 6) is 0.912. The van der Waals surface area contributed by atoms with Gasteiger partial charge in [-0.1, -0.05) is 6.92 Å². The van der Waals surface area contributed by atoms with E-state index in [9.17, 15) is 0 Å². The molecule has 1 fully saturated rings. The minimum absolute atomic E-state index is 0.817. The van der Waals surface area contributed by atoms with Gasteiger partial charge in [-0.3, -0.25) is 0 Å². The Morgan fingerprint density at radius 2 is 2.17 bits per heavy atom. The third-order valence-electron chi connectivity index (χ3n) is 2.47. The van der Waals surface area contributed by atoms with Crippen molar-refractivity contribution in [2.24, 2.45) is 10.9 Å². The van der Waals surface area contributed by atoms with Gasteiger partial charge < -0.3 is 4.90 Å². The highest BCUT2D eigenvalue weighted by molar-refractivity contribution is 7.78. The number of rotatable bonds is 3. The summed E-state index contributed by atoms with van der Waals surface area (Å²) in [4.78, 5) is 6.36. The summed E-state index contributed by atoms with van der Waals surface area (Å²) >= 11 is 4.50. The van der Waals surface area contributed by atoms with Crippen molar-refractivity contribution in [1.82, 2.24) is 4.90 Å². The van der Waals surface area contributed by atoms with Gasteiger partial charge in [0.05, 0.1) is 11.7 Å². The maximum Gasteiger partial charge on any atom is 0.0620 e. The fraction of sp³-hybridized carbons (Fsp3) is 0.889. The van der Waals surface area contributed by atoms with Crippen molar-refractivity contribution in [2.45, 2.75) is 19.8 Å². The highest BCUT2D eigenvalue weighted by Crippen LogP contribution is 2.15. The van der Waals surface area contributed by atoms with E-state index < -0.39 is 0 Å². The van der Waals surface area contributed by atoms with Crippen LogP contribution in [0, 0.1) is 5.92 Å². The zero-order valence-electron chi connectivity index (χ0n) is 7.62. The summed E-state index contributed by atoms with van der Waals surface area (Å²) in [7, 11) is 0. The van der Waals surface area contributed by atoms with Crippen LogP contribution >= 0.6 is 12.2 Å². The van der Waals surface area contributed by atoms with Crippen molar-refractivity contribution >= 4 is 17.4 Å². The number of aliphatic imine (C=N–C) groups is 1. The van der Waals surface area contributed by atoms with Crippen molar-refractivity contribution in [3.05, 3.63) is 0 Å². The second kappa shape index (κ2) is 5.41. The minimum atomic E-state index is 0.817. The molecule has 0 saturated carbocycles. The molecule has 0 atom stereocenters. The van der Waals surface area contributed by atoms with Crippen molar-refractivity contribution < 1.29 is 0 Å². The first kappa shape index (κ1) is 9.85. The molecule has 0 aliphatic carbocycles. The molecule has 0 aromatic rings. The zero-order chi connectivity index (χ0) is 8.81. The van der Waals surface area contributed by atoms with Gasteiger partial charge in [0.2, 0.25) is 0 Å². The van der Waals surface area contributed by atoms with Crippen molar-refractivity contribution in [3.8, 4) is 0 Å². The smallest absolute Gasteiger partial charge is 0.0620 e. The van der Waals surface area contributed by atoms with E-state index >= 15 is 0 Å². The van der Waals surface area contributed by atoms with Crippen LogP contribution in [0.1, 0.15) is 19.8 Å². The van der Waals surface area contributed by atoms with Gasteiger partial charge in [-0.05, 0) is 44.1 Å². The van der Waals surface area contributed by atoms with Crippen LogP contribution in [-0.2, 0) is 0 Å². The van der Waals surface area contributed by atoms with Gasteiger partial charge in [0.25, 0.3) is 0 Å². The molecule has 0 radical (unpaired) electrons. The molecular formula is C9H16N2S.